The highest BCUT2D eigenvalue weighted by molar-refractivity contribution is 5.78. The van der Waals surface area contributed by atoms with Gasteiger partial charge in [-0.1, -0.05) is 31.1 Å². The monoisotopic (exact) mass is 289 g/mol. The minimum absolute atomic E-state index is 0.0236. The van der Waals surface area contributed by atoms with E-state index in [0.717, 1.165) is 18.4 Å². The lowest BCUT2D eigenvalue weighted by atomic mass is 10.2. The molecule has 1 fully saturated rings. The van der Waals surface area contributed by atoms with Crippen LogP contribution in [0.3, 0.4) is 0 Å². The van der Waals surface area contributed by atoms with E-state index < -0.39 is 0 Å². The lowest BCUT2D eigenvalue weighted by Gasteiger charge is -2.14. The molecule has 0 radical (unpaired) electrons. The number of ether oxygens (including phenoxy) is 2. The van der Waals surface area contributed by atoms with Crippen LogP contribution in [-0.2, 0) is 4.79 Å². The summed E-state index contributed by atoms with van der Waals surface area (Å²) in [5.41, 5.74) is 1.04. The van der Waals surface area contributed by atoms with Gasteiger partial charge >= 0.3 is 0 Å². The second-order valence-electron chi connectivity index (χ2n) is 5.25. The van der Waals surface area contributed by atoms with Gasteiger partial charge in [0.1, 0.15) is 0 Å². The van der Waals surface area contributed by atoms with Crippen LogP contribution in [0.5, 0.6) is 11.5 Å². The second kappa shape index (κ2) is 7.72. The Morgan fingerprint density at radius 3 is 2.76 bits per heavy atom. The number of hydrogen-bond acceptors (Lipinski definition) is 3. The zero-order valence-electron chi connectivity index (χ0n) is 12.7. The molecule has 0 saturated heterocycles. The Hall–Kier alpha value is -1.97. The van der Waals surface area contributed by atoms with Crippen LogP contribution in [0.1, 0.15) is 38.2 Å². The summed E-state index contributed by atoms with van der Waals surface area (Å²) in [6.45, 7) is 1.99. The minimum Gasteiger partial charge on any atom is -0.493 e. The average Bonchev–Trinajstić information content (AvgIpc) is 2.99. The summed E-state index contributed by atoms with van der Waals surface area (Å²) < 4.78 is 10.9. The third kappa shape index (κ3) is 4.52. The molecule has 114 valence electrons. The van der Waals surface area contributed by atoms with Crippen LogP contribution >= 0.6 is 0 Å². The fourth-order valence-corrected chi connectivity index (χ4v) is 2.58. The summed E-state index contributed by atoms with van der Waals surface area (Å²) in [5, 5.41) is 3.00. The average molecular weight is 289 g/mol. The smallest absolute Gasteiger partial charge is 0.258 e. The van der Waals surface area contributed by atoms with Gasteiger partial charge in [-0.05, 0) is 37.5 Å². The van der Waals surface area contributed by atoms with Crippen LogP contribution in [0.4, 0.5) is 0 Å². The zero-order valence-corrected chi connectivity index (χ0v) is 12.7. The Balaban J connectivity index is 1.90. The van der Waals surface area contributed by atoms with Gasteiger partial charge < -0.3 is 14.8 Å². The molecule has 0 bridgehead atoms. The van der Waals surface area contributed by atoms with E-state index in [0.29, 0.717) is 17.5 Å². The van der Waals surface area contributed by atoms with Crippen LogP contribution in [0.15, 0.2) is 24.3 Å². The minimum atomic E-state index is -0.0681. The summed E-state index contributed by atoms with van der Waals surface area (Å²) in [4.78, 5) is 11.9. The van der Waals surface area contributed by atoms with Gasteiger partial charge in [0.2, 0.25) is 0 Å². The number of carbonyl (C=O) groups excluding carboxylic acids is 1. The molecule has 1 saturated carbocycles. The number of amides is 1. The van der Waals surface area contributed by atoms with E-state index in [9.17, 15) is 4.79 Å². The van der Waals surface area contributed by atoms with E-state index in [2.05, 4.69) is 5.32 Å². The number of methoxy groups -OCH3 is 1. The molecule has 2 rings (SSSR count). The number of nitrogens with one attached hydrogen (secondary N) is 1. The molecule has 0 aliphatic heterocycles. The third-order valence-electron chi connectivity index (χ3n) is 3.63. The Morgan fingerprint density at radius 1 is 1.33 bits per heavy atom. The third-order valence-corrected chi connectivity index (χ3v) is 3.63. The van der Waals surface area contributed by atoms with Crippen LogP contribution in [0.25, 0.3) is 6.08 Å². The summed E-state index contributed by atoms with van der Waals surface area (Å²) in [5.74, 6) is 1.16. The van der Waals surface area contributed by atoms with Gasteiger partial charge in [-0.2, -0.15) is 0 Å². The fourth-order valence-electron chi connectivity index (χ4n) is 2.58. The van der Waals surface area contributed by atoms with Gasteiger partial charge in [-0.3, -0.25) is 4.79 Å². The Morgan fingerprint density at radius 2 is 2.10 bits per heavy atom. The number of rotatable bonds is 6. The molecule has 1 aliphatic rings. The molecule has 0 heterocycles. The predicted octanol–water partition coefficient (Wildman–Crippen LogP) is 3.17. The van der Waals surface area contributed by atoms with Crippen molar-refractivity contribution in [3.63, 3.8) is 0 Å². The molecule has 1 aliphatic carbocycles. The summed E-state index contributed by atoms with van der Waals surface area (Å²) in [6.07, 6.45) is 8.50. The van der Waals surface area contributed by atoms with Crippen molar-refractivity contribution >= 4 is 12.0 Å². The van der Waals surface area contributed by atoms with Gasteiger partial charge in [0.15, 0.2) is 18.1 Å². The molecule has 0 spiro atoms. The Labute approximate surface area is 126 Å². The van der Waals surface area contributed by atoms with Crippen LogP contribution in [0, 0.1) is 0 Å². The van der Waals surface area contributed by atoms with Gasteiger partial charge in [-0.25, -0.2) is 0 Å². The standard InChI is InChI=1S/C17H23NO3/c1-3-6-13-9-10-15(16(11-13)20-2)21-12-17(19)18-14-7-4-5-8-14/h3,6,9-11,14H,4-5,7-8,12H2,1-2H3,(H,18,19)/b6-3+. The van der Waals surface area contributed by atoms with E-state index >= 15 is 0 Å². The van der Waals surface area contributed by atoms with Gasteiger partial charge in [-0.15, -0.1) is 0 Å². The first kappa shape index (κ1) is 15.4. The van der Waals surface area contributed by atoms with Crippen molar-refractivity contribution in [1.29, 1.82) is 0 Å². The first-order chi connectivity index (χ1) is 10.2. The van der Waals surface area contributed by atoms with Crippen molar-refractivity contribution in [3.8, 4) is 11.5 Å². The first-order valence-corrected chi connectivity index (χ1v) is 7.46. The highest BCUT2D eigenvalue weighted by atomic mass is 16.5. The van der Waals surface area contributed by atoms with Crippen LogP contribution < -0.4 is 14.8 Å². The Bertz CT molecular complexity index is 505. The summed E-state index contributed by atoms with van der Waals surface area (Å²) >= 11 is 0. The maximum absolute atomic E-state index is 11.9. The molecule has 0 unspecified atom stereocenters. The van der Waals surface area contributed by atoms with Gasteiger partial charge in [0.05, 0.1) is 7.11 Å². The maximum Gasteiger partial charge on any atom is 0.258 e. The molecular weight excluding hydrogens is 266 g/mol. The normalized spacial score (nSPS) is 15.3. The van der Waals surface area contributed by atoms with Crippen molar-refractivity contribution in [2.45, 2.75) is 38.6 Å². The molecule has 0 aromatic heterocycles. The predicted molar refractivity (Wildman–Crippen MR) is 83.6 cm³/mol. The number of benzene rings is 1. The van der Waals surface area contributed by atoms with E-state index in [1.54, 1.807) is 7.11 Å². The molecular formula is C17H23NO3. The van der Waals surface area contributed by atoms with Crippen molar-refractivity contribution in [2.75, 3.05) is 13.7 Å². The van der Waals surface area contributed by atoms with Crippen molar-refractivity contribution in [3.05, 3.63) is 29.8 Å². The molecule has 21 heavy (non-hydrogen) atoms. The molecule has 4 nitrogen and oxygen atoms in total. The van der Waals surface area contributed by atoms with Crippen molar-refractivity contribution < 1.29 is 14.3 Å². The van der Waals surface area contributed by atoms with E-state index in [-0.39, 0.29) is 12.5 Å². The van der Waals surface area contributed by atoms with E-state index in [1.165, 1.54) is 12.8 Å². The van der Waals surface area contributed by atoms with E-state index in [1.807, 2.05) is 37.3 Å². The largest absolute Gasteiger partial charge is 0.493 e. The van der Waals surface area contributed by atoms with Gasteiger partial charge in [0, 0.05) is 6.04 Å². The van der Waals surface area contributed by atoms with Gasteiger partial charge in [0.25, 0.3) is 5.91 Å². The quantitative estimate of drug-likeness (QED) is 0.875. The Kier molecular flexibility index (Phi) is 5.67. The first-order valence-electron chi connectivity index (χ1n) is 7.46. The molecule has 1 amide bonds. The SMILES string of the molecule is C/C=C/c1ccc(OCC(=O)NC2CCCC2)c(OC)c1. The summed E-state index contributed by atoms with van der Waals surface area (Å²) in [7, 11) is 1.60. The van der Waals surface area contributed by atoms with Crippen molar-refractivity contribution in [2.24, 2.45) is 0 Å². The lowest BCUT2D eigenvalue weighted by Crippen LogP contribution is -2.36. The van der Waals surface area contributed by atoms with Crippen LogP contribution in [-0.4, -0.2) is 25.7 Å². The van der Waals surface area contributed by atoms with Crippen molar-refractivity contribution in [1.82, 2.24) is 5.32 Å². The maximum atomic E-state index is 11.9. The molecule has 1 aromatic rings. The summed E-state index contributed by atoms with van der Waals surface area (Å²) in [6, 6.07) is 5.98. The fraction of sp³-hybridized carbons (Fsp3) is 0.471. The zero-order chi connectivity index (χ0) is 15.1. The number of allylic oxidation sites excluding steroid dienone is 1. The lowest BCUT2D eigenvalue weighted by molar-refractivity contribution is -0.123. The second-order valence-corrected chi connectivity index (χ2v) is 5.25. The number of carbonyl (C=O) groups is 1. The van der Waals surface area contributed by atoms with Crippen LogP contribution in [0.2, 0.25) is 0 Å². The topological polar surface area (TPSA) is 47.6 Å². The highest BCUT2D eigenvalue weighted by Crippen LogP contribution is 2.28. The molecule has 4 heteroatoms. The highest BCUT2D eigenvalue weighted by Gasteiger charge is 2.17. The molecule has 0 atom stereocenters. The molecule has 1 N–H and O–H groups in total. The molecule has 1 aromatic carbocycles. The van der Waals surface area contributed by atoms with E-state index in [4.69, 9.17) is 9.47 Å². The number of hydrogen-bond donors (Lipinski definition) is 1.